The van der Waals surface area contributed by atoms with E-state index in [9.17, 15) is 0 Å². The van der Waals surface area contributed by atoms with Crippen molar-refractivity contribution < 1.29 is 0 Å². The van der Waals surface area contributed by atoms with Crippen LogP contribution in [-0.4, -0.2) is 24.0 Å². The highest BCUT2D eigenvalue weighted by molar-refractivity contribution is 5.97. The van der Waals surface area contributed by atoms with Crippen LogP contribution in [0.25, 0.3) is 0 Å². The van der Waals surface area contributed by atoms with Gasteiger partial charge in [-0.1, -0.05) is 13.3 Å². The second-order valence-corrected chi connectivity index (χ2v) is 5.17. The molecular weight excluding hydrogens is 238 g/mol. The zero-order valence-corrected chi connectivity index (χ0v) is 11.4. The van der Waals surface area contributed by atoms with Gasteiger partial charge in [-0.05, 0) is 31.8 Å². The van der Waals surface area contributed by atoms with E-state index in [2.05, 4.69) is 28.6 Å². The molecule has 2 aliphatic rings. The third-order valence-corrected chi connectivity index (χ3v) is 3.42. The van der Waals surface area contributed by atoms with Gasteiger partial charge in [0.05, 0.1) is 0 Å². The summed E-state index contributed by atoms with van der Waals surface area (Å²) in [5, 5.41) is 13.9. The summed E-state index contributed by atoms with van der Waals surface area (Å²) in [5.41, 5.74) is 6.99. The third-order valence-electron chi connectivity index (χ3n) is 3.42. The second kappa shape index (κ2) is 6.52. The Morgan fingerprint density at radius 3 is 3.05 bits per heavy atom. The van der Waals surface area contributed by atoms with Crippen LogP contribution in [0.4, 0.5) is 0 Å². The van der Waals surface area contributed by atoms with Crippen molar-refractivity contribution in [3.63, 3.8) is 0 Å². The van der Waals surface area contributed by atoms with Gasteiger partial charge in [0.2, 0.25) is 0 Å². The number of nitrogens with two attached hydrogens (primary N) is 1. The maximum atomic E-state index is 7.16. The first-order valence-electron chi connectivity index (χ1n) is 7.00. The van der Waals surface area contributed by atoms with E-state index in [0.29, 0.717) is 12.1 Å². The van der Waals surface area contributed by atoms with Crippen molar-refractivity contribution in [3.8, 4) is 0 Å². The highest BCUT2D eigenvalue weighted by atomic mass is 15.2. The molecule has 1 saturated carbocycles. The minimum atomic E-state index is 0.321. The molecule has 0 amide bonds. The first-order valence-corrected chi connectivity index (χ1v) is 7.00. The Bertz CT molecular complexity index is 422. The SMILES string of the molecule is CCCC1=N/C(=C/C=N)NC(N[C@@H]2CC[C@@H](N)C2)=C1. The van der Waals surface area contributed by atoms with Crippen molar-refractivity contribution in [2.75, 3.05) is 0 Å². The van der Waals surface area contributed by atoms with Crippen LogP contribution in [0.2, 0.25) is 0 Å². The van der Waals surface area contributed by atoms with Crippen LogP contribution in [0.1, 0.15) is 39.0 Å². The molecule has 19 heavy (non-hydrogen) atoms. The fourth-order valence-corrected chi connectivity index (χ4v) is 2.54. The maximum Gasteiger partial charge on any atom is 0.133 e. The second-order valence-electron chi connectivity index (χ2n) is 5.17. The molecule has 1 heterocycles. The fraction of sp³-hybridized carbons (Fsp3) is 0.571. The van der Waals surface area contributed by atoms with Gasteiger partial charge < -0.3 is 21.8 Å². The number of hydrogen-bond donors (Lipinski definition) is 4. The number of nitrogens with zero attached hydrogens (tertiary/aromatic N) is 1. The lowest BCUT2D eigenvalue weighted by atomic mass is 10.2. The molecule has 5 N–H and O–H groups in total. The average molecular weight is 261 g/mol. The quantitative estimate of drug-likeness (QED) is 0.567. The Morgan fingerprint density at radius 1 is 1.58 bits per heavy atom. The van der Waals surface area contributed by atoms with Crippen LogP contribution in [0.15, 0.2) is 28.8 Å². The number of nitrogens with one attached hydrogen (secondary N) is 3. The minimum absolute atomic E-state index is 0.321. The summed E-state index contributed by atoms with van der Waals surface area (Å²) in [6.45, 7) is 2.14. The van der Waals surface area contributed by atoms with Crippen molar-refractivity contribution >= 4 is 11.9 Å². The molecule has 2 atom stereocenters. The summed E-state index contributed by atoms with van der Waals surface area (Å²) in [5.74, 6) is 1.70. The van der Waals surface area contributed by atoms with Crippen molar-refractivity contribution in [2.45, 2.75) is 51.1 Å². The van der Waals surface area contributed by atoms with E-state index in [4.69, 9.17) is 11.1 Å². The molecule has 0 saturated heterocycles. The van der Waals surface area contributed by atoms with E-state index in [1.54, 1.807) is 6.08 Å². The molecule has 0 aromatic carbocycles. The molecule has 5 heteroatoms. The van der Waals surface area contributed by atoms with Gasteiger partial charge in [0.25, 0.3) is 0 Å². The predicted molar refractivity (Wildman–Crippen MR) is 79.2 cm³/mol. The summed E-state index contributed by atoms with van der Waals surface area (Å²) < 4.78 is 0. The first-order chi connectivity index (χ1) is 9.21. The number of allylic oxidation sites excluding steroid dienone is 2. The summed E-state index contributed by atoms with van der Waals surface area (Å²) in [4.78, 5) is 4.48. The molecule has 0 spiro atoms. The van der Waals surface area contributed by atoms with Crippen LogP contribution in [-0.2, 0) is 0 Å². The first kappa shape index (κ1) is 13.8. The van der Waals surface area contributed by atoms with E-state index in [0.717, 1.165) is 49.5 Å². The van der Waals surface area contributed by atoms with Gasteiger partial charge in [0.15, 0.2) is 0 Å². The van der Waals surface area contributed by atoms with E-state index in [1.807, 2.05) is 0 Å². The van der Waals surface area contributed by atoms with Gasteiger partial charge in [-0.25, -0.2) is 4.99 Å². The Morgan fingerprint density at radius 2 is 2.42 bits per heavy atom. The highest BCUT2D eigenvalue weighted by Crippen LogP contribution is 2.19. The Kier molecular flexibility index (Phi) is 4.74. The van der Waals surface area contributed by atoms with Crippen LogP contribution < -0.4 is 16.4 Å². The van der Waals surface area contributed by atoms with Gasteiger partial charge in [-0.15, -0.1) is 0 Å². The van der Waals surface area contributed by atoms with Crippen LogP contribution in [0.3, 0.4) is 0 Å². The number of hydrogen-bond acceptors (Lipinski definition) is 5. The lowest BCUT2D eigenvalue weighted by Crippen LogP contribution is -2.36. The zero-order chi connectivity index (χ0) is 13.7. The van der Waals surface area contributed by atoms with Crippen molar-refractivity contribution in [1.29, 1.82) is 5.41 Å². The molecule has 0 radical (unpaired) electrons. The molecule has 104 valence electrons. The molecule has 0 aromatic heterocycles. The highest BCUT2D eigenvalue weighted by Gasteiger charge is 2.22. The van der Waals surface area contributed by atoms with Gasteiger partial charge in [-0.3, -0.25) is 0 Å². The van der Waals surface area contributed by atoms with Gasteiger partial charge in [0.1, 0.15) is 11.6 Å². The van der Waals surface area contributed by atoms with E-state index in [1.165, 1.54) is 6.21 Å². The summed E-state index contributed by atoms with van der Waals surface area (Å²) in [7, 11) is 0. The molecule has 0 unspecified atom stereocenters. The number of aliphatic imine (C=N–C) groups is 1. The Balaban J connectivity index is 2.04. The maximum absolute atomic E-state index is 7.16. The molecule has 1 aliphatic carbocycles. The monoisotopic (exact) mass is 261 g/mol. The molecule has 0 aromatic rings. The molecule has 1 aliphatic heterocycles. The lowest BCUT2D eigenvalue weighted by Gasteiger charge is -2.22. The summed E-state index contributed by atoms with van der Waals surface area (Å²) in [6, 6.07) is 0.762. The average Bonchev–Trinajstić information content (AvgIpc) is 2.75. The van der Waals surface area contributed by atoms with Crippen molar-refractivity contribution in [2.24, 2.45) is 10.7 Å². The number of rotatable bonds is 5. The summed E-state index contributed by atoms with van der Waals surface area (Å²) >= 11 is 0. The Hall–Kier alpha value is -1.62. The largest absolute Gasteiger partial charge is 0.369 e. The molecular formula is C14H23N5. The lowest BCUT2D eigenvalue weighted by molar-refractivity contribution is 0.551. The predicted octanol–water partition coefficient (Wildman–Crippen LogP) is 1.63. The van der Waals surface area contributed by atoms with E-state index >= 15 is 0 Å². The topological polar surface area (TPSA) is 86.3 Å². The van der Waals surface area contributed by atoms with Gasteiger partial charge in [0, 0.05) is 30.1 Å². The smallest absolute Gasteiger partial charge is 0.133 e. The molecule has 5 nitrogen and oxygen atoms in total. The van der Waals surface area contributed by atoms with Crippen molar-refractivity contribution in [3.05, 3.63) is 23.8 Å². The van der Waals surface area contributed by atoms with Crippen molar-refractivity contribution in [1.82, 2.24) is 10.6 Å². The molecule has 0 bridgehead atoms. The van der Waals surface area contributed by atoms with Crippen LogP contribution in [0, 0.1) is 5.41 Å². The van der Waals surface area contributed by atoms with E-state index < -0.39 is 0 Å². The minimum Gasteiger partial charge on any atom is -0.369 e. The van der Waals surface area contributed by atoms with E-state index in [-0.39, 0.29) is 0 Å². The Labute approximate surface area is 114 Å². The normalized spacial score (nSPS) is 28.6. The van der Waals surface area contributed by atoms with Crippen LogP contribution >= 0.6 is 0 Å². The standard InChI is InChI=1S/C14H23N5/c1-2-3-11-9-14(19-13(17-11)6-7-15)18-12-5-4-10(16)8-12/h6-7,9-10,12,15,18-19H,2-5,8,16H2,1H3/b13-6-,15-7?/t10-,12-/m1/s1. The molecule has 1 fully saturated rings. The van der Waals surface area contributed by atoms with Gasteiger partial charge >= 0.3 is 0 Å². The van der Waals surface area contributed by atoms with Gasteiger partial charge in [-0.2, -0.15) is 0 Å². The molecule has 2 rings (SSSR count). The van der Waals surface area contributed by atoms with Crippen LogP contribution in [0.5, 0.6) is 0 Å². The third kappa shape index (κ3) is 3.92. The zero-order valence-electron chi connectivity index (χ0n) is 11.4. The fourth-order valence-electron chi connectivity index (χ4n) is 2.54. The summed E-state index contributed by atoms with van der Waals surface area (Å²) in [6.07, 6.45) is 10.2.